The van der Waals surface area contributed by atoms with Gasteiger partial charge in [-0.05, 0) is 33.8 Å². The highest BCUT2D eigenvalue weighted by atomic mass is 19.1. The number of anilines is 1. The van der Waals surface area contributed by atoms with Crippen LogP contribution in [0, 0.1) is 5.82 Å². The van der Waals surface area contributed by atoms with E-state index >= 15 is 0 Å². The highest BCUT2D eigenvalue weighted by Crippen LogP contribution is 2.17. The molecule has 0 saturated carbocycles. The third-order valence-corrected chi connectivity index (χ3v) is 2.69. The number of rotatable bonds is 5. The largest absolute Gasteiger partial charge is 0.368 e. The van der Waals surface area contributed by atoms with Crippen LogP contribution in [0.4, 0.5) is 10.2 Å². The van der Waals surface area contributed by atoms with Crippen molar-refractivity contribution >= 4 is 11.7 Å². The van der Waals surface area contributed by atoms with Crippen LogP contribution >= 0.6 is 0 Å². The van der Waals surface area contributed by atoms with Crippen molar-refractivity contribution in [2.45, 2.75) is 33.7 Å². The molecule has 0 spiro atoms. The maximum atomic E-state index is 14.1. The Kier molecular flexibility index (Phi) is 5.07. The molecule has 1 heterocycles. The zero-order valence-corrected chi connectivity index (χ0v) is 11.3. The summed E-state index contributed by atoms with van der Waals surface area (Å²) in [6.45, 7) is 8.65. The fourth-order valence-electron chi connectivity index (χ4n) is 1.80. The Morgan fingerprint density at radius 1 is 1.50 bits per heavy atom. The molecule has 0 atom stereocenters. The summed E-state index contributed by atoms with van der Waals surface area (Å²) in [6.07, 6.45) is 1.45. The van der Waals surface area contributed by atoms with Gasteiger partial charge in [-0.25, -0.2) is 9.37 Å². The van der Waals surface area contributed by atoms with E-state index < -0.39 is 5.82 Å². The molecule has 0 aliphatic heterocycles. The topological polar surface area (TPSA) is 45.2 Å². The van der Waals surface area contributed by atoms with E-state index in [4.69, 9.17) is 0 Å². The third-order valence-electron chi connectivity index (χ3n) is 2.69. The Morgan fingerprint density at radius 3 is 2.67 bits per heavy atom. The van der Waals surface area contributed by atoms with Crippen LogP contribution in [0.15, 0.2) is 12.3 Å². The minimum Gasteiger partial charge on any atom is -0.368 e. The number of aromatic nitrogens is 1. The van der Waals surface area contributed by atoms with Gasteiger partial charge in [0.1, 0.15) is 0 Å². The van der Waals surface area contributed by atoms with Gasteiger partial charge in [-0.1, -0.05) is 0 Å². The van der Waals surface area contributed by atoms with E-state index in [1.807, 2.05) is 27.7 Å². The Morgan fingerprint density at radius 2 is 2.17 bits per heavy atom. The second-order valence-electron chi connectivity index (χ2n) is 4.24. The maximum absolute atomic E-state index is 14.1. The monoisotopic (exact) mass is 253 g/mol. The first-order valence-electron chi connectivity index (χ1n) is 6.22. The third kappa shape index (κ3) is 2.97. The standard InChI is InChI=1S/C13H20FN3O/c1-5-15-12-11(14)10(7-8-16-12)13(18)17(6-2)9(3)4/h7-9H,5-6H2,1-4H3,(H,15,16). The smallest absolute Gasteiger partial charge is 0.257 e. The minimum atomic E-state index is -0.580. The van der Waals surface area contributed by atoms with Crippen LogP contribution in [0.25, 0.3) is 0 Å². The summed E-state index contributed by atoms with van der Waals surface area (Å²) < 4.78 is 14.1. The Bertz CT molecular complexity index is 421. The molecule has 1 aromatic rings. The summed E-state index contributed by atoms with van der Waals surface area (Å²) in [6, 6.07) is 1.46. The number of hydrogen-bond acceptors (Lipinski definition) is 3. The number of halogens is 1. The molecule has 18 heavy (non-hydrogen) atoms. The quantitative estimate of drug-likeness (QED) is 0.877. The van der Waals surface area contributed by atoms with Gasteiger partial charge in [-0.15, -0.1) is 0 Å². The molecule has 0 fully saturated rings. The van der Waals surface area contributed by atoms with E-state index in [2.05, 4.69) is 10.3 Å². The Labute approximate surface area is 107 Å². The van der Waals surface area contributed by atoms with Crippen molar-refractivity contribution in [3.05, 3.63) is 23.6 Å². The van der Waals surface area contributed by atoms with E-state index in [9.17, 15) is 9.18 Å². The van der Waals surface area contributed by atoms with Crippen molar-refractivity contribution in [3.63, 3.8) is 0 Å². The van der Waals surface area contributed by atoms with Gasteiger partial charge in [0.15, 0.2) is 11.6 Å². The van der Waals surface area contributed by atoms with Crippen LogP contribution < -0.4 is 5.32 Å². The second-order valence-corrected chi connectivity index (χ2v) is 4.24. The van der Waals surface area contributed by atoms with Crippen molar-refractivity contribution in [2.75, 3.05) is 18.4 Å². The molecule has 0 aromatic carbocycles. The average Bonchev–Trinajstić information content (AvgIpc) is 2.32. The van der Waals surface area contributed by atoms with Gasteiger partial charge in [0, 0.05) is 25.3 Å². The lowest BCUT2D eigenvalue weighted by molar-refractivity contribution is 0.0712. The minimum absolute atomic E-state index is 0.0395. The van der Waals surface area contributed by atoms with Crippen LogP contribution in [-0.2, 0) is 0 Å². The van der Waals surface area contributed by atoms with Crippen molar-refractivity contribution in [2.24, 2.45) is 0 Å². The van der Waals surface area contributed by atoms with Crippen LogP contribution in [0.5, 0.6) is 0 Å². The number of nitrogens with one attached hydrogen (secondary N) is 1. The predicted octanol–water partition coefficient (Wildman–Crippen LogP) is 2.52. The highest BCUT2D eigenvalue weighted by Gasteiger charge is 2.22. The van der Waals surface area contributed by atoms with E-state index in [0.29, 0.717) is 13.1 Å². The number of nitrogens with zero attached hydrogens (tertiary/aromatic N) is 2. The number of pyridine rings is 1. The lowest BCUT2D eigenvalue weighted by Gasteiger charge is -2.25. The molecule has 0 aliphatic rings. The SMILES string of the molecule is CCNc1nccc(C(=O)N(CC)C(C)C)c1F. The van der Waals surface area contributed by atoms with Crippen molar-refractivity contribution in [1.82, 2.24) is 9.88 Å². The van der Waals surface area contributed by atoms with Gasteiger partial charge in [0.25, 0.3) is 5.91 Å². The van der Waals surface area contributed by atoms with E-state index in [1.54, 1.807) is 4.90 Å². The number of hydrogen-bond donors (Lipinski definition) is 1. The lowest BCUT2D eigenvalue weighted by Crippen LogP contribution is -2.37. The molecule has 1 amide bonds. The van der Waals surface area contributed by atoms with Crippen molar-refractivity contribution < 1.29 is 9.18 Å². The summed E-state index contributed by atoms with van der Waals surface area (Å²) in [5.74, 6) is -0.752. The Balaban J connectivity index is 3.09. The summed E-state index contributed by atoms with van der Waals surface area (Å²) in [5, 5.41) is 2.80. The summed E-state index contributed by atoms with van der Waals surface area (Å²) in [7, 11) is 0. The van der Waals surface area contributed by atoms with Crippen LogP contribution in [0.2, 0.25) is 0 Å². The molecule has 0 saturated heterocycles. The van der Waals surface area contributed by atoms with Gasteiger partial charge < -0.3 is 10.2 Å². The Hall–Kier alpha value is -1.65. The maximum Gasteiger partial charge on any atom is 0.257 e. The molecular formula is C13H20FN3O. The van der Waals surface area contributed by atoms with Crippen molar-refractivity contribution in [3.8, 4) is 0 Å². The second kappa shape index (κ2) is 6.33. The molecule has 0 bridgehead atoms. The zero-order chi connectivity index (χ0) is 13.7. The van der Waals surface area contributed by atoms with E-state index in [-0.39, 0.29) is 23.3 Å². The van der Waals surface area contributed by atoms with Crippen LogP contribution in [0.1, 0.15) is 38.1 Å². The molecule has 4 nitrogen and oxygen atoms in total. The first-order valence-corrected chi connectivity index (χ1v) is 6.22. The number of carbonyl (C=O) groups excluding carboxylic acids is 1. The summed E-state index contributed by atoms with van der Waals surface area (Å²) in [5.41, 5.74) is 0.0662. The fraction of sp³-hybridized carbons (Fsp3) is 0.538. The molecule has 1 N–H and O–H groups in total. The predicted molar refractivity (Wildman–Crippen MR) is 70.2 cm³/mol. The number of carbonyl (C=O) groups is 1. The van der Waals surface area contributed by atoms with Gasteiger partial charge in [-0.2, -0.15) is 0 Å². The lowest BCUT2D eigenvalue weighted by atomic mass is 10.2. The number of amides is 1. The highest BCUT2D eigenvalue weighted by molar-refractivity contribution is 5.95. The van der Waals surface area contributed by atoms with Gasteiger partial charge in [0.2, 0.25) is 0 Å². The first-order chi connectivity index (χ1) is 8.52. The van der Waals surface area contributed by atoms with Gasteiger partial charge in [-0.3, -0.25) is 4.79 Å². The molecule has 1 aromatic heterocycles. The average molecular weight is 253 g/mol. The molecule has 0 aliphatic carbocycles. The fourth-order valence-corrected chi connectivity index (χ4v) is 1.80. The molecule has 0 radical (unpaired) electrons. The summed E-state index contributed by atoms with van der Waals surface area (Å²) in [4.78, 5) is 17.7. The van der Waals surface area contributed by atoms with Crippen LogP contribution in [0.3, 0.4) is 0 Å². The normalized spacial score (nSPS) is 10.6. The summed E-state index contributed by atoms with van der Waals surface area (Å²) >= 11 is 0. The molecule has 5 heteroatoms. The van der Waals surface area contributed by atoms with Crippen molar-refractivity contribution in [1.29, 1.82) is 0 Å². The van der Waals surface area contributed by atoms with Gasteiger partial charge in [0.05, 0.1) is 5.56 Å². The molecule has 0 unspecified atom stereocenters. The van der Waals surface area contributed by atoms with E-state index in [1.165, 1.54) is 12.3 Å². The van der Waals surface area contributed by atoms with Gasteiger partial charge >= 0.3 is 0 Å². The zero-order valence-electron chi connectivity index (χ0n) is 11.3. The first kappa shape index (κ1) is 14.4. The van der Waals surface area contributed by atoms with Crippen LogP contribution in [-0.4, -0.2) is 34.9 Å². The molecule has 100 valence electrons. The molecular weight excluding hydrogens is 233 g/mol. The molecule has 1 rings (SSSR count). The van der Waals surface area contributed by atoms with E-state index in [0.717, 1.165) is 0 Å².